The van der Waals surface area contributed by atoms with Gasteiger partial charge in [0, 0.05) is 24.5 Å². The van der Waals surface area contributed by atoms with Crippen LogP contribution in [0, 0.1) is 10.8 Å². The molecule has 1 aliphatic carbocycles. The van der Waals surface area contributed by atoms with Crippen molar-refractivity contribution >= 4 is 5.91 Å². The minimum absolute atomic E-state index is 0.0457. The third-order valence-electron chi connectivity index (χ3n) is 5.26. The van der Waals surface area contributed by atoms with Gasteiger partial charge in [-0.05, 0) is 45.2 Å². The SMILES string of the molecule is CCCC1(C(=O)NCC2(COC)CCNCC2)CCC1. The van der Waals surface area contributed by atoms with Crippen LogP contribution in [-0.4, -0.2) is 39.3 Å². The predicted molar refractivity (Wildman–Crippen MR) is 80.6 cm³/mol. The van der Waals surface area contributed by atoms with Gasteiger partial charge in [0.1, 0.15) is 0 Å². The van der Waals surface area contributed by atoms with Crippen molar-refractivity contribution in [3.8, 4) is 0 Å². The summed E-state index contributed by atoms with van der Waals surface area (Å²) in [5.41, 5.74) is 0.0861. The second kappa shape index (κ2) is 6.90. The highest BCUT2D eigenvalue weighted by Crippen LogP contribution is 2.45. The molecule has 0 radical (unpaired) electrons. The molecule has 2 rings (SSSR count). The molecule has 1 saturated heterocycles. The van der Waals surface area contributed by atoms with E-state index < -0.39 is 0 Å². The third kappa shape index (κ3) is 3.34. The number of carbonyl (C=O) groups excluding carboxylic acids is 1. The first-order chi connectivity index (χ1) is 9.66. The molecule has 0 spiro atoms. The fraction of sp³-hybridized carbons (Fsp3) is 0.938. The summed E-state index contributed by atoms with van der Waals surface area (Å²) in [4.78, 5) is 12.6. The van der Waals surface area contributed by atoms with Crippen LogP contribution in [0.5, 0.6) is 0 Å². The van der Waals surface area contributed by atoms with Gasteiger partial charge in [0.15, 0.2) is 0 Å². The fourth-order valence-electron chi connectivity index (χ4n) is 3.76. The van der Waals surface area contributed by atoms with Crippen molar-refractivity contribution in [3.63, 3.8) is 0 Å². The van der Waals surface area contributed by atoms with Gasteiger partial charge >= 0.3 is 0 Å². The van der Waals surface area contributed by atoms with E-state index in [2.05, 4.69) is 17.6 Å². The molecule has 0 aromatic heterocycles. The van der Waals surface area contributed by atoms with Gasteiger partial charge in [-0.3, -0.25) is 4.79 Å². The van der Waals surface area contributed by atoms with Gasteiger partial charge in [-0.15, -0.1) is 0 Å². The highest BCUT2D eigenvalue weighted by Gasteiger charge is 2.44. The van der Waals surface area contributed by atoms with Crippen LogP contribution in [0.3, 0.4) is 0 Å². The van der Waals surface area contributed by atoms with Gasteiger partial charge < -0.3 is 15.4 Å². The van der Waals surface area contributed by atoms with Gasteiger partial charge in [-0.1, -0.05) is 19.8 Å². The minimum Gasteiger partial charge on any atom is -0.384 e. The van der Waals surface area contributed by atoms with Crippen molar-refractivity contribution in [1.82, 2.24) is 10.6 Å². The quantitative estimate of drug-likeness (QED) is 0.752. The van der Waals surface area contributed by atoms with Crippen molar-refractivity contribution in [3.05, 3.63) is 0 Å². The van der Waals surface area contributed by atoms with E-state index >= 15 is 0 Å². The Morgan fingerprint density at radius 1 is 1.25 bits per heavy atom. The molecule has 0 aromatic carbocycles. The molecular weight excluding hydrogens is 252 g/mol. The van der Waals surface area contributed by atoms with Crippen LogP contribution in [-0.2, 0) is 9.53 Å². The Morgan fingerprint density at radius 2 is 1.95 bits per heavy atom. The Morgan fingerprint density at radius 3 is 2.45 bits per heavy atom. The van der Waals surface area contributed by atoms with Crippen molar-refractivity contribution in [2.45, 2.75) is 51.9 Å². The van der Waals surface area contributed by atoms with E-state index in [0.717, 1.165) is 64.8 Å². The third-order valence-corrected chi connectivity index (χ3v) is 5.26. The molecule has 4 heteroatoms. The predicted octanol–water partition coefficient (Wildman–Crippen LogP) is 2.09. The molecule has 2 fully saturated rings. The number of amides is 1. The molecule has 0 unspecified atom stereocenters. The fourth-order valence-corrected chi connectivity index (χ4v) is 3.76. The molecule has 2 N–H and O–H groups in total. The maximum atomic E-state index is 12.6. The molecule has 1 amide bonds. The lowest BCUT2D eigenvalue weighted by atomic mass is 9.65. The lowest BCUT2D eigenvalue weighted by molar-refractivity contribution is -0.137. The summed E-state index contributed by atoms with van der Waals surface area (Å²) in [5.74, 6) is 0.291. The van der Waals surface area contributed by atoms with Gasteiger partial charge in [0.05, 0.1) is 6.61 Å². The van der Waals surface area contributed by atoms with Crippen LogP contribution in [0.25, 0.3) is 0 Å². The van der Waals surface area contributed by atoms with Crippen LogP contribution in [0.1, 0.15) is 51.9 Å². The number of piperidine rings is 1. The second-order valence-corrected chi connectivity index (χ2v) is 6.75. The Bertz CT molecular complexity index is 315. The second-order valence-electron chi connectivity index (χ2n) is 6.75. The van der Waals surface area contributed by atoms with Gasteiger partial charge in [0.2, 0.25) is 5.91 Å². The van der Waals surface area contributed by atoms with Crippen LogP contribution in [0.4, 0.5) is 0 Å². The zero-order valence-electron chi connectivity index (χ0n) is 13.1. The summed E-state index contributed by atoms with van der Waals surface area (Å²) in [5, 5.41) is 6.65. The van der Waals surface area contributed by atoms with Crippen molar-refractivity contribution in [2.75, 3.05) is 33.4 Å². The molecule has 1 saturated carbocycles. The van der Waals surface area contributed by atoms with E-state index in [-0.39, 0.29) is 10.8 Å². The van der Waals surface area contributed by atoms with E-state index in [1.165, 1.54) is 6.42 Å². The van der Waals surface area contributed by atoms with Crippen LogP contribution < -0.4 is 10.6 Å². The van der Waals surface area contributed by atoms with Crippen molar-refractivity contribution in [1.29, 1.82) is 0 Å². The number of ether oxygens (including phenoxy) is 1. The smallest absolute Gasteiger partial charge is 0.226 e. The molecule has 4 nitrogen and oxygen atoms in total. The topological polar surface area (TPSA) is 50.4 Å². The lowest BCUT2D eigenvalue weighted by Crippen LogP contribution is -2.52. The Kier molecular flexibility index (Phi) is 5.44. The average Bonchev–Trinajstić information content (AvgIpc) is 2.42. The number of hydrogen-bond acceptors (Lipinski definition) is 3. The molecule has 2 aliphatic rings. The maximum absolute atomic E-state index is 12.6. The molecule has 0 atom stereocenters. The van der Waals surface area contributed by atoms with E-state index in [1.54, 1.807) is 7.11 Å². The first-order valence-electron chi connectivity index (χ1n) is 8.14. The summed E-state index contributed by atoms with van der Waals surface area (Å²) in [7, 11) is 1.76. The Hall–Kier alpha value is -0.610. The number of methoxy groups -OCH3 is 1. The molecule has 116 valence electrons. The van der Waals surface area contributed by atoms with E-state index in [0.29, 0.717) is 5.91 Å². The summed E-state index contributed by atoms with van der Waals surface area (Å²) in [6.07, 6.45) is 7.67. The van der Waals surface area contributed by atoms with Crippen molar-refractivity contribution in [2.24, 2.45) is 10.8 Å². The Labute approximate surface area is 123 Å². The first-order valence-corrected chi connectivity index (χ1v) is 8.14. The molecule has 0 bridgehead atoms. The van der Waals surface area contributed by atoms with Gasteiger partial charge in [-0.2, -0.15) is 0 Å². The number of carbonyl (C=O) groups is 1. The van der Waals surface area contributed by atoms with E-state index in [9.17, 15) is 4.79 Å². The summed E-state index contributed by atoms with van der Waals surface area (Å²) in [6.45, 7) is 5.74. The number of rotatable bonds is 7. The zero-order chi connectivity index (χ0) is 14.5. The van der Waals surface area contributed by atoms with Crippen LogP contribution >= 0.6 is 0 Å². The highest BCUT2D eigenvalue weighted by atomic mass is 16.5. The van der Waals surface area contributed by atoms with Gasteiger partial charge in [-0.25, -0.2) is 0 Å². The molecule has 1 aliphatic heterocycles. The highest BCUT2D eigenvalue weighted by molar-refractivity contribution is 5.83. The monoisotopic (exact) mass is 282 g/mol. The largest absolute Gasteiger partial charge is 0.384 e. The van der Waals surface area contributed by atoms with Crippen molar-refractivity contribution < 1.29 is 9.53 Å². The van der Waals surface area contributed by atoms with Crippen LogP contribution in [0.15, 0.2) is 0 Å². The molecule has 20 heavy (non-hydrogen) atoms. The molecule has 1 heterocycles. The number of nitrogens with one attached hydrogen (secondary N) is 2. The number of hydrogen-bond donors (Lipinski definition) is 2. The average molecular weight is 282 g/mol. The summed E-state index contributed by atoms with van der Waals surface area (Å²) < 4.78 is 5.41. The Balaban J connectivity index is 1.90. The maximum Gasteiger partial charge on any atom is 0.226 e. The summed E-state index contributed by atoms with van der Waals surface area (Å²) >= 11 is 0. The summed E-state index contributed by atoms with van der Waals surface area (Å²) in [6, 6.07) is 0. The lowest BCUT2D eigenvalue weighted by Gasteiger charge is -2.42. The molecule has 0 aromatic rings. The molecular formula is C16H30N2O2. The standard InChI is InChI=1S/C16H30N2O2/c1-3-5-16(6-4-7-16)14(19)18-12-15(13-20-2)8-10-17-11-9-15/h17H,3-13H2,1-2H3,(H,18,19). The first kappa shape index (κ1) is 15.8. The van der Waals surface area contributed by atoms with E-state index in [4.69, 9.17) is 4.74 Å². The van der Waals surface area contributed by atoms with Gasteiger partial charge in [0.25, 0.3) is 0 Å². The normalized spacial score (nSPS) is 23.9. The van der Waals surface area contributed by atoms with E-state index in [1.807, 2.05) is 0 Å². The zero-order valence-corrected chi connectivity index (χ0v) is 13.1. The minimum atomic E-state index is -0.0457. The van der Waals surface area contributed by atoms with Crippen LogP contribution in [0.2, 0.25) is 0 Å².